The number of amides is 3. The highest BCUT2D eigenvalue weighted by Crippen LogP contribution is 2.22. The van der Waals surface area contributed by atoms with E-state index in [-0.39, 0.29) is 23.8 Å². The standard InChI is InChI=1S/C14H17N3O4/c1-17(11-5-6-12(18)16-13(11)19)14(20)9-7-8(21-2)3-4-10(9)15/h3-4,7,11H,5-6,15H2,1-2H3,(H,16,18,19). The van der Waals surface area contributed by atoms with Gasteiger partial charge in [-0.2, -0.15) is 0 Å². The molecule has 112 valence electrons. The van der Waals surface area contributed by atoms with Gasteiger partial charge in [0.1, 0.15) is 11.8 Å². The normalized spacial score (nSPS) is 18.1. The minimum atomic E-state index is -0.680. The van der Waals surface area contributed by atoms with Crippen molar-refractivity contribution >= 4 is 23.4 Å². The number of rotatable bonds is 3. The van der Waals surface area contributed by atoms with Crippen LogP contribution >= 0.6 is 0 Å². The van der Waals surface area contributed by atoms with Crippen molar-refractivity contribution < 1.29 is 19.1 Å². The van der Waals surface area contributed by atoms with Gasteiger partial charge in [0.05, 0.1) is 12.7 Å². The predicted molar refractivity (Wildman–Crippen MR) is 75.7 cm³/mol. The van der Waals surface area contributed by atoms with Gasteiger partial charge in [-0.1, -0.05) is 0 Å². The first-order valence-electron chi connectivity index (χ1n) is 6.48. The van der Waals surface area contributed by atoms with Crippen LogP contribution in [0.1, 0.15) is 23.2 Å². The lowest BCUT2D eigenvalue weighted by Gasteiger charge is -2.30. The molecule has 21 heavy (non-hydrogen) atoms. The van der Waals surface area contributed by atoms with Crippen LogP contribution in [0.25, 0.3) is 0 Å². The Morgan fingerprint density at radius 3 is 2.76 bits per heavy atom. The van der Waals surface area contributed by atoms with Crippen molar-refractivity contribution in [3.8, 4) is 5.75 Å². The summed E-state index contributed by atoms with van der Waals surface area (Å²) >= 11 is 0. The second kappa shape index (κ2) is 5.82. The number of hydrogen-bond donors (Lipinski definition) is 2. The van der Waals surface area contributed by atoms with Crippen molar-refractivity contribution in [1.29, 1.82) is 0 Å². The van der Waals surface area contributed by atoms with E-state index in [1.165, 1.54) is 25.1 Å². The van der Waals surface area contributed by atoms with Crippen molar-refractivity contribution in [3.63, 3.8) is 0 Å². The lowest BCUT2D eigenvalue weighted by atomic mass is 10.0. The van der Waals surface area contributed by atoms with Crippen LogP contribution in [-0.2, 0) is 9.59 Å². The fourth-order valence-corrected chi connectivity index (χ4v) is 2.23. The van der Waals surface area contributed by atoms with Crippen LogP contribution in [0.2, 0.25) is 0 Å². The fourth-order valence-electron chi connectivity index (χ4n) is 2.23. The lowest BCUT2D eigenvalue weighted by molar-refractivity contribution is -0.136. The summed E-state index contributed by atoms with van der Waals surface area (Å²) in [6, 6.07) is 4.07. The molecule has 7 nitrogen and oxygen atoms in total. The topological polar surface area (TPSA) is 102 Å². The highest BCUT2D eigenvalue weighted by atomic mass is 16.5. The van der Waals surface area contributed by atoms with E-state index in [9.17, 15) is 14.4 Å². The first-order chi connectivity index (χ1) is 9.93. The Hall–Kier alpha value is -2.57. The fraction of sp³-hybridized carbons (Fsp3) is 0.357. The summed E-state index contributed by atoms with van der Waals surface area (Å²) in [4.78, 5) is 36.7. The molecule has 1 aliphatic heterocycles. The molecule has 1 atom stereocenters. The number of benzene rings is 1. The number of ether oxygens (including phenoxy) is 1. The molecule has 1 heterocycles. The zero-order chi connectivity index (χ0) is 15.6. The Morgan fingerprint density at radius 2 is 2.14 bits per heavy atom. The van der Waals surface area contributed by atoms with Crippen molar-refractivity contribution in [2.45, 2.75) is 18.9 Å². The summed E-state index contributed by atoms with van der Waals surface area (Å²) in [5.41, 5.74) is 6.38. The van der Waals surface area contributed by atoms with E-state index in [1.54, 1.807) is 12.1 Å². The summed E-state index contributed by atoms with van der Waals surface area (Å²) in [7, 11) is 3.00. The highest BCUT2D eigenvalue weighted by Gasteiger charge is 2.33. The Kier molecular flexibility index (Phi) is 4.11. The van der Waals surface area contributed by atoms with E-state index in [2.05, 4.69) is 5.32 Å². The molecule has 0 radical (unpaired) electrons. The van der Waals surface area contributed by atoms with Crippen LogP contribution in [0.15, 0.2) is 18.2 Å². The van der Waals surface area contributed by atoms with Gasteiger partial charge in [-0.05, 0) is 24.6 Å². The Bertz CT molecular complexity index is 600. The predicted octanol–water partition coefficient (Wildman–Crippen LogP) is 0.155. The number of piperidine rings is 1. The molecule has 1 aliphatic rings. The number of imide groups is 1. The first kappa shape index (κ1) is 14.8. The van der Waals surface area contributed by atoms with Gasteiger partial charge >= 0.3 is 0 Å². The van der Waals surface area contributed by atoms with Gasteiger partial charge in [-0.3, -0.25) is 19.7 Å². The minimum absolute atomic E-state index is 0.210. The maximum absolute atomic E-state index is 12.5. The number of anilines is 1. The molecule has 0 aliphatic carbocycles. The van der Waals surface area contributed by atoms with Crippen molar-refractivity contribution in [2.24, 2.45) is 0 Å². The third-order valence-electron chi connectivity index (χ3n) is 3.49. The summed E-state index contributed by atoms with van der Waals surface area (Å²) in [5, 5.41) is 2.23. The van der Waals surface area contributed by atoms with E-state index < -0.39 is 11.9 Å². The Balaban J connectivity index is 2.23. The van der Waals surface area contributed by atoms with Crippen molar-refractivity contribution in [1.82, 2.24) is 10.2 Å². The molecule has 2 rings (SSSR count). The van der Waals surface area contributed by atoms with Crippen LogP contribution < -0.4 is 15.8 Å². The molecular formula is C14H17N3O4. The van der Waals surface area contributed by atoms with Crippen molar-refractivity contribution in [3.05, 3.63) is 23.8 Å². The average Bonchev–Trinajstić information content (AvgIpc) is 2.46. The van der Waals surface area contributed by atoms with Crippen LogP contribution in [0.5, 0.6) is 5.75 Å². The van der Waals surface area contributed by atoms with Crippen LogP contribution in [0.3, 0.4) is 0 Å². The number of methoxy groups -OCH3 is 1. The quantitative estimate of drug-likeness (QED) is 0.610. The van der Waals surface area contributed by atoms with Gasteiger partial charge in [0.25, 0.3) is 5.91 Å². The third-order valence-corrected chi connectivity index (χ3v) is 3.49. The highest BCUT2D eigenvalue weighted by molar-refractivity contribution is 6.05. The number of carbonyl (C=O) groups is 3. The molecule has 1 fully saturated rings. The molecule has 3 N–H and O–H groups in total. The van der Waals surface area contributed by atoms with Gasteiger partial charge in [0, 0.05) is 19.2 Å². The molecule has 0 bridgehead atoms. The number of nitrogens with one attached hydrogen (secondary N) is 1. The van der Waals surface area contributed by atoms with Gasteiger partial charge in [0.2, 0.25) is 11.8 Å². The second-order valence-corrected chi connectivity index (χ2v) is 4.84. The second-order valence-electron chi connectivity index (χ2n) is 4.84. The van der Waals surface area contributed by atoms with Gasteiger partial charge in [0.15, 0.2) is 0 Å². The summed E-state index contributed by atoms with van der Waals surface area (Å²) in [5.74, 6) is -0.674. The van der Waals surface area contributed by atoms with Crippen LogP contribution in [-0.4, -0.2) is 42.8 Å². The minimum Gasteiger partial charge on any atom is -0.497 e. The Labute approximate surface area is 122 Å². The molecule has 1 unspecified atom stereocenters. The van der Waals surface area contributed by atoms with Crippen LogP contribution in [0.4, 0.5) is 5.69 Å². The Morgan fingerprint density at radius 1 is 1.43 bits per heavy atom. The largest absolute Gasteiger partial charge is 0.497 e. The average molecular weight is 291 g/mol. The maximum atomic E-state index is 12.5. The third kappa shape index (κ3) is 2.96. The molecule has 3 amide bonds. The zero-order valence-electron chi connectivity index (χ0n) is 11.9. The molecule has 7 heteroatoms. The molecule has 1 aromatic rings. The zero-order valence-corrected chi connectivity index (χ0v) is 11.9. The molecule has 1 aromatic carbocycles. The van der Waals surface area contributed by atoms with E-state index in [0.29, 0.717) is 17.9 Å². The number of nitrogen functional groups attached to an aromatic ring is 1. The lowest BCUT2D eigenvalue weighted by Crippen LogP contribution is -2.52. The molecule has 0 aromatic heterocycles. The SMILES string of the molecule is COc1ccc(N)c(C(=O)N(C)C2CCC(=O)NC2=O)c1. The maximum Gasteiger partial charge on any atom is 0.256 e. The van der Waals surface area contributed by atoms with E-state index in [0.717, 1.165) is 0 Å². The van der Waals surface area contributed by atoms with E-state index in [4.69, 9.17) is 10.5 Å². The van der Waals surface area contributed by atoms with E-state index >= 15 is 0 Å². The molecule has 0 saturated carbocycles. The molecule has 0 spiro atoms. The molecule has 1 saturated heterocycles. The first-order valence-corrected chi connectivity index (χ1v) is 6.48. The molecular weight excluding hydrogens is 274 g/mol. The van der Waals surface area contributed by atoms with Gasteiger partial charge in [-0.25, -0.2) is 0 Å². The van der Waals surface area contributed by atoms with Crippen LogP contribution in [0, 0.1) is 0 Å². The number of carbonyl (C=O) groups excluding carboxylic acids is 3. The number of nitrogens with zero attached hydrogens (tertiary/aromatic N) is 1. The number of likely N-dealkylation sites (N-methyl/N-ethyl adjacent to an activating group) is 1. The van der Waals surface area contributed by atoms with Gasteiger partial charge in [-0.15, -0.1) is 0 Å². The smallest absolute Gasteiger partial charge is 0.256 e. The number of nitrogens with two attached hydrogens (primary N) is 1. The number of hydrogen-bond acceptors (Lipinski definition) is 5. The summed E-state index contributed by atoms with van der Waals surface area (Å²) < 4.78 is 5.07. The van der Waals surface area contributed by atoms with Crippen molar-refractivity contribution in [2.75, 3.05) is 19.9 Å². The van der Waals surface area contributed by atoms with E-state index in [1.807, 2.05) is 0 Å². The van der Waals surface area contributed by atoms with Gasteiger partial charge < -0.3 is 15.4 Å². The summed E-state index contributed by atoms with van der Waals surface area (Å²) in [6.45, 7) is 0. The monoisotopic (exact) mass is 291 g/mol. The summed E-state index contributed by atoms with van der Waals surface area (Å²) in [6.07, 6.45) is 0.512.